The molecule has 2 heterocycles. The molecule has 0 aliphatic carbocycles. The van der Waals surface area contributed by atoms with Crippen molar-refractivity contribution in [2.75, 3.05) is 53.0 Å². The van der Waals surface area contributed by atoms with E-state index >= 15 is 0 Å². The highest BCUT2D eigenvalue weighted by Gasteiger charge is 2.33. The Kier molecular flexibility index (Phi) is 3.96. The van der Waals surface area contributed by atoms with Crippen LogP contribution in [0.2, 0.25) is 0 Å². The maximum atomic E-state index is 12.2. The Balaban J connectivity index is 1.95. The monoisotopic (exact) mass is 240 g/mol. The van der Waals surface area contributed by atoms with Gasteiger partial charge in [0.05, 0.1) is 13.2 Å². The largest absolute Gasteiger partial charge is 0.377 e. The maximum Gasteiger partial charge on any atom is 0.312 e. The number of rotatable bonds is 2. The number of morpholine rings is 1. The second-order valence-corrected chi connectivity index (χ2v) is 4.50. The third-order valence-corrected chi connectivity index (χ3v) is 3.35. The topological polar surface area (TPSA) is 53.1 Å². The van der Waals surface area contributed by atoms with Crippen molar-refractivity contribution in [3.63, 3.8) is 0 Å². The van der Waals surface area contributed by atoms with Gasteiger partial charge in [0, 0.05) is 32.7 Å². The summed E-state index contributed by atoms with van der Waals surface area (Å²) < 4.78 is 5.27. The second-order valence-electron chi connectivity index (χ2n) is 4.50. The van der Waals surface area contributed by atoms with Gasteiger partial charge in [-0.15, -0.1) is 0 Å². The van der Waals surface area contributed by atoms with Gasteiger partial charge in [-0.25, -0.2) is 0 Å². The molecule has 0 saturated carbocycles. The van der Waals surface area contributed by atoms with E-state index in [2.05, 4.69) is 4.90 Å². The van der Waals surface area contributed by atoms with Crippen LogP contribution in [0.15, 0.2) is 0 Å². The highest BCUT2D eigenvalue weighted by Crippen LogP contribution is 2.10. The van der Waals surface area contributed by atoms with Crippen molar-refractivity contribution >= 4 is 12.3 Å². The number of piperazine rings is 1. The summed E-state index contributed by atoms with van der Waals surface area (Å²) >= 11 is 0. The molecule has 0 spiro atoms. The Labute approximate surface area is 101 Å². The molecule has 17 heavy (non-hydrogen) atoms. The smallest absolute Gasteiger partial charge is 0.312 e. The summed E-state index contributed by atoms with van der Waals surface area (Å²) in [5.74, 6) is -0.0128. The number of carbonyl (C=O) groups excluding carboxylic acids is 2. The molecule has 2 saturated heterocycles. The standard InChI is InChI=1S/C11H18N3O3/c1-12-2-4-13(5-3-12)11(16)10-8-17-7-6-14(10)9-15/h10H,2-8H2,1H3. The number of ether oxygens (including phenoxy) is 1. The normalized spacial score (nSPS) is 27.0. The molecule has 2 amide bonds. The van der Waals surface area contributed by atoms with Crippen LogP contribution in [0.3, 0.4) is 0 Å². The summed E-state index contributed by atoms with van der Waals surface area (Å²) in [5.41, 5.74) is 0. The van der Waals surface area contributed by atoms with Crippen molar-refractivity contribution in [3.8, 4) is 0 Å². The number of hydrogen-bond acceptors (Lipinski definition) is 4. The molecular weight excluding hydrogens is 222 g/mol. The second kappa shape index (κ2) is 5.46. The molecule has 2 fully saturated rings. The van der Waals surface area contributed by atoms with E-state index in [0.29, 0.717) is 19.8 Å². The molecule has 1 unspecified atom stereocenters. The number of hydrogen-bond donors (Lipinski definition) is 0. The molecule has 0 bridgehead atoms. The van der Waals surface area contributed by atoms with Crippen LogP contribution in [0.4, 0.5) is 0 Å². The van der Waals surface area contributed by atoms with Gasteiger partial charge in [-0.1, -0.05) is 0 Å². The Morgan fingerprint density at radius 2 is 1.94 bits per heavy atom. The zero-order chi connectivity index (χ0) is 12.3. The summed E-state index contributed by atoms with van der Waals surface area (Å²) in [6, 6.07) is -0.482. The molecule has 0 aromatic heterocycles. The van der Waals surface area contributed by atoms with E-state index in [0.717, 1.165) is 26.2 Å². The molecule has 1 atom stereocenters. The van der Waals surface area contributed by atoms with Crippen LogP contribution in [0.25, 0.3) is 0 Å². The average molecular weight is 240 g/mol. The van der Waals surface area contributed by atoms with E-state index < -0.39 is 6.04 Å². The van der Waals surface area contributed by atoms with Gasteiger partial charge in [0.15, 0.2) is 0 Å². The zero-order valence-corrected chi connectivity index (χ0v) is 10.1. The van der Waals surface area contributed by atoms with Crippen LogP contribution in [-0.2, 0) is 14.3 Å². The highest BCUT2D eigenvalue weighted by atomic mass is 16.5. The number of likely N-dealkylation sites (N-methyl/N-ethyl adjacent to an activating group) is 1. The lowest BCUT2D eigenvalue weighted by atomic mass is 10.2. The van der Waals surface area contributed by atoms with E-state index in [-0.39, 0.29) is 5.91 Å². The van der Waals surface area contributed by atoms with Gasteiger partial charge >= 0.3 is 6.41 Å². The Bertz CT molecular complexity index is 290. The molecule has 2 aliphatic heterocycles. The van der Waals surface area contributed by atoms with Gasteiger partial charge in [-0.05, 0) is 7.05 Å². The Morgan fingerprint density at radius 1 is 1.24 bits per heavy atom. The van der Waals surface area contributed by atoms with E-state index in [4.69, 9.17) is 4.74 Å². The molecule has 1 radical (unpaired) electrons. The van der Waals surface area contributed by atoms with Crippen LogP contribution in [0.5, 0.6) is 0 Å². The van der Waals surface area contributed by atoms with E-state index in [1.807, 2.05) is 18.4 Å². The lowest BCUT2D eigenvalue weighted by Crippen LogP contribution is -2.57. The Hall–Kier alpha value is -1.14. The molecule has 6 heteroatoms. The molecule has 0 aromatic rings. The molecule has 0 aromatic carbocycles. The molecule has 6 nitrogen and oxygen atoms in total. The fourth-order valence-electron chi connectivity index (χ4n) is 2.16. The van der Waals surface area contributed by atoms with Gasteiger partial charge in [0.25, 0.3) is 0 Å². The van der Waals surface area contributed by atoms with Crippen LogP contribution >= 0.6 is 0 Å². The van der Waals surface area contributed by atoms with Crippen LogP contribution in [0, 0.1) is 0 Å². The van der Waals surface area contributed by atoms with Crippen LogP contribution in [-0.4, -0.2) is 86.0 Å². The van der Waals surface area contributed by atoms with E-state index in [1.165, 1.54) is 4.90 Å². The fourth-order valence-corrected chi connectivity index (χ4v) is 2.16. The average Bonchev–Trinajstić information content (AvgIpc) is 2.39. The quantitative estimate of drug-likeness (QED) is 0.591. The van der Waals surface area contributed by atoms with Crippen molar-refractivity contribution in [2.24, 2.45) is 0 Å². The summed E-state index contributed by atoms with van der Waals surface area (Å²) in [6.45, 7) is 4.43. The van der Waals surface area contributed by atoms with Gasteiger partial charge in [0.1, 0.15) is 6.04 Å². The minimum absolute atomic E-state index is 0.0128. The molecule has 95 valence electrons. The predicted octanol–water partition coefficient (Wildman–Crippen LogP) is -1.47. The van der Waals surface area contributed by atoms with Crippen molar-refractivity contribution in [1.82, 2.24) is 14.7 Å². The lowest BCUT2D eigenvalue weighted by molar-refractivity contribution is -0.141. The third-order valence-electron chi connectivity index (χ3n) is 3.35. The van der Waals surface area contributed by atoms with Crippen LogP contribution < -0.4 is 0 Å². The molecule has 2 rings (SSSR count). The van der Waals surface area contributed by atoms with Crippen molar-refractivity contribution < 1.29 is 14.3 Å². The summed E-state index contributed by atoms with van der Waals surface area (Å²) in [6.07, 6.45) is 1.83. The van der Waals surface area contributed by atoms with Crippen LogP contribution in [0.1, 0.15) is 0 Å². The molecule has 2 aliphatic rings. The van der Waals surface area contributed by atoms with Crippen molar-refractivity contribution in [2.45, 2.75) is 6.04 Å². The minimum atomic E-state index is -0.482. The highest BCUT2D eigenvalue weighted by molar-refractivity contribution is 5.84. The first-order chi connectivity index (χ1) is 8.22. The fraction of sp³-hybridized carbons (Fsp3) is 0.818. The van der Waals surface area contributed by atoms with E-state index in [1.54, 1.807) is 0 Å². The van der Waals surface area contributed by atoms with Gasteiger partial charge in [-0.3, -0.25) is 9.59 Å². The minimum Gasteiger partial charge on any atom is -0.377 e. The molecular formula is C11H18N3O3. The van der Waals surface area contributed by atoms with Gasteiger partial charge < -0.3 is 19.4 Å². The first kappa shape index (κ1) is 12.3. The third kappa shape index (κ3) is 2.76. The maximum absolute atomic E-state index is 12.2. The van der Waals surface area contributed by atoms with Gasteiger partial charge in [0.2, 0.25) is 5.91 Å². The summed E-state index contributed by atoms with van der Waals surface area (Å²) in [4.78, 5) is 28.4. The van der Waals surface area contributed by atoms with Crippen molar-refractivity contribution in [1.29, 1.82) is 0 Å². The number of carbonyl (C=O) groups is 1. The Morgan fingerprint density at radius 3 is 2.59 bits per heavy atom. The van der Waals surface area contributed by atoms with Crippen molar-refractivity contribution in [3.05, 3.63) is 0 Å². The molecule has 0 N–H and O–H groups in total. The summed E-state index contributed by atoms with van der Waals surface area (Å²) in [7, 11) is 2.04. The number of amides is 2. The zero-order valence-electron chi connectivity index (χ0n) is 10.1. The first-order valence-electron chi connectivity index (χ1n) is 5.92. The van der Waals surface area contributed by atoms with Gasteiger partial charge in [-0.2, -0.15) is 0 Å². The summed E-state index contributed by atoms with van der Waals surface area (Å²) in [5, 5.41) is 0. The SMILES string of the molecule is CN1CCN(C(=O)C2COCCN2[C]=O)CC1. The lowest BCUT2D eigenvalue weighted by Gasteiger charge is -2.38. The first-order valence-corrected chi connectivity index (χ1v) is 5.92. The predicted molar refractivity (Wildman–Crippen MR) is 61.1 cm³/mol. The number of nitrogens with zero attached hydrogens (tertiary/aromatic N) is 3. The van der Waals surface area contributed by atoms with E-state index in [9.17, 15) is 9.59 Å².